The molecule has 0 aromatic carbocycles. The third kappa shape index (κ3) is 1.86. The second kappa shape index (κ2) is 4.53. The summed E-state index contributed by atoms with van der Waals surface area (Å²) >= 11 is 1.74. The molecule has 3 heterocycles. The molecular weight excluding hydrogens is 230 g/mol. The molecule has 0 amide bonds. The summed E-state index contributed by atoms with van der Waals surface area (Å²) < 4.78 is 2.10. The van der Waals surface area contributed by atoms with Gasteiger partial charge in [-0.05, 0) is 37.6 Å². The molecule has 3 nitrogen and oxygen atoms in total. The van der Waals surface area contributed by atoms with E-state index < -0.39 is 0 Å². The van der Waals surface area contributed by atoms with Crippen molar-refractivity contribution in [3.8, 4) is 11.3 Å². The van der Waals surface area contributed by atoms with Gasteiger partial charge < -0.3 is 5.32 Å². The number of aromatic nitrogens is 2. The molecule has 3 rings (SSSR count). The summed E-state index contributed by atoms with van der Waals surface area (Å²) in [7, 11) is 0. The lowest BCUT2D eigenvalue weighted by atomic mass is 10.1. The Bertz CT molecular complexity index is 499. The van der Waals surface area contributed by atoms with E-state index in [9.17, 15) is 0 Å². The number of rotatable bonds is 2. The molecule has 1 aliphatic heterocycles. The minimum Gasteiger partial charge on any atom is -0.370 e. The topological polar surface area (TPSA) is 29.9 Å². The third-order valence-corrected chi connectivity index (χ3v) is 3.97. The van der Waals surface area contributed by atoms with Crippen LogP contribution < -0.4 is 5.32 Å². The maximum atomic E-state index is 4.76. The number of nitrogens with zero attached hydrogens (tertiary/aromatic N) is 2. The molecule has 0 atom stereocenters. The van der Waals surface area contributed by atoms with Gasteiger partial charge in [0.2, 0.25) is 0 Å². The highest BCUT2D eigenvalue weighted by atomic mass is 32.1. The third-order valence-electron chi connectivity index (χ3n) is 3.29. The highest BCUT2D eigenvalue weighted by Gasteiger charge is 2.19. The van der Waals surface area contributed by atoms with Crippen molar-refractivity contribution < 1.29 is 0 Å². The Labute approximate surface area is 105 Å². The second-order valence-electron chi connectivity index (χ2n) is 4.39. The van der Waals surface area contributed by atoms with Crippen molar-refractivity contribution in [3.05, 3.63) is 22.4 Å². The normalized spacial score (nSPS) is 15.1. The molecule has 4 heteroatoms. The monoisotopic (exact) mass is 247 g/mol. The Morgan fingerprint density at radius 1 is 1.47 bits per heavy atom. The van der Waals surface area contributed by atoms with Crippen molar-refractivity contribution in [2.24, 2.45) is 0 Å². The Hall–Kier alpha value is -1.29. The zero-order chi connectivity index (χ0) is 11.7. The van der Waals surface area contributed by atoms with Crippen LogP contribution in [0.1, 0.15) is 25.3 Å². The average molecular weight is 247 g/mol. The van der Waals surface area contributed by atoms with Gasteiger partial charge >= 0.3 is 0 Å². The van der Waals surface area contributed by atoms with Gasteiger partial charge in [0.05, 0.1) is 5.69 Å². The average Bonchev–Trinajstić information content (AvgIpc) is 2.91. The van der Waals surface area contributed by atoms with E-state index in [4.69, 9.17) is 5.10 Å². The Morgan fingerprint density at radius 2 is 2.41 bits per heavy atom. The van der Waals surface area contributed by atoms with Gasteiger partial charge in [0.1, 0.15) is 5.82 Å². The number of fused-ring (bicyclic) bond motifs is 1. The molecule has 2 aromatic heterocycles. The molecule has 0 fully saturated rings. The molecule has 17 heavy (non-hydrogen) atoms. The van der Waals surface area contributed by atoms with E-state index in [1.807, 2.05) is 0 Å². The van der Waals surface area contributed by atoms with Crippen molar-refractivity contribution in [2.75, 3.05) is 11.9 Å². The lowest BCUT2D eigenvalue weighted by molar-refractivity contribution is 0.665. The van der Waals surface area contributed by atoms with Crippen LogP contribution in [-0.4, -0.2) is 16.3 Å². The van der Waals surface area contributed by atoms with Crippen LogP contribution in [0.15, 0.2) is 16.8 Å². The smallest absolute Gasteiger partial charge is 0.128 e. The van der Waals surface area contributed by atoms with Crippen LogP contribution in [0, 0.1) is 0 Å². The number of anilines is 1. The summed E-state index contributed by atoms with van der Waals surface area (Å²) in [6.45, 7) is 4.15. The Morgan fingerprint density at radius 3 is 3.18 bits per heavy atom. The van der Waals surface area contributed by atoms with Gasteiger partial charge in [0, 0.05) is 29.6 Å². The molecule has 90 valence electrons. The molecule has 1 N–H and O–H groups in total. The van der Waals surface area contributed by atoms with Crippen LogP contribution in [-0.2, 0) is 13.0 Å². The number of hydrogen-bond donors (Lipinski definition) is 1. The molecule has 2 aromatic rings. The first kappa shape index (κ1) is 10.8. The van der Waals surface area contributed by atoms with Crippen molar-refractivity contribution in [1.82, 2.24) is 9.78 Å². The summed E-state index contributed by atoms with van der Waals surface area (Å²) in [5.74, 6) is 1.24. The van der Waals surface area contributed by atoms with Gasteiger partial charge in [-0.2, -0.15) is 16.4 Å². The lowest BCUT2D eigenvalue weighted by Gasteiger charge is -2.06. The van der Waals surface area contributed by atoms with Crippen LogP contribution in [0.5, 0.6) is 0 Å². The van der Waals surface area contributed by atoms with Crippen molar-refractivity contribution in [1.29, 1.82) is 0 Å². The van der Waals surface area contributed by atoms with E-state index in [1.54, 1.807) is 11.3 Å². The van der Waals surface area contributed by atoms with E-state index in [1.165, 1.54) is 35.5 Å². The zero-order valence-corrected chi connectivity index (χ0v) is 10.9. The maximum absolute atomic E-state index is 4.76. The van der Waals surface area contributed by atoms with E-state index in [0.29, 0.717) is 0 Å². The summed E-state index contributed by atoms with van der Waals surface area (Å²) in [6, 6.07) is 2.16. The van der Waals surface area contributed by atoms with E-state index in [0.717, 1.165) is 19.5 Å². The van der Waals surface area contributed by atoms with Gasteiger partial charge in [-0.1, -0.05) is 0 Å². The SMILES string of the molecule is CCn1nc(-c2ccsc2)c2c1NCCCC2. The van der Waals surface area contributed by atoms with Gasteiger partial charge in [0.25, 0.3) is 0 Å². The molecular formula is C13H17N3S. The minimum atomic E-state index is 0.930. The molecule has 0 unspecified atom stereocenters. The van der Waals surface area contributed by atoms with Crippen molar-refractivity contribution in [2.45, 2.75) is 32.7 Å². The van der Waals surface area contributed by atoms with E-state index in [2.05, 4.69) is 33.7 Å². The van der Waals surface area contributed by atoms with Crippen molar-refractivity contribution >= 4 is 17.2 Å². The summed E-state index contributed by atoms with van der Waals surface area (Å²) in [5.41, 5.74) is 3.85. The minimum absolute atomic E-state index is 0.930. The fourth-order valence-electron chi connectivity index (χ4n) is 2.43. The lowest BCUT2D eigenvalue weighted by Crippen LogP contribution is -2.07. The van der Waals surface area contributed by atoms with E-state index in [-0.39, 0.29) is 0 Å². The summed E-state index contributed by atoms with van der Waals surface area (Å²) in [6.07, 6.45) is 3.65. The molecule has 0 saturated heterocycles. The Balaban J connectivity index is 2.12. The summed E-state index contributed by atoms with van der Waals surface area (Å²) in [5, 5.41) is 12.6. The van der Waals surface area contributed by atoms with Gasteiger partial charge in [-0.15, -0.1) is 0 Å². The number of thiophene rings is 1. The van der Waals surface area contributed by atoms with Crippen LogP contribution in [0.2, 0.25) is 0 Å². The standard InChI is InChI=1S/C13H17N3S/c1-2-16-13-11(5-3-4-7-14-13)12(15-16)10-6-8-17-9-10/h6,8-9,14H,2-5,7H2,1H3. The molecule has 0 radical (unpaired) electrons. The molecule has 1 aliphatic rings. The fourth-order valence-corrected chi connectivity index (χ4v) is 3.07. The fraction of sp³-hybridized carbons (Fsp3) is 0.462. The first-order valence-electron chi connectivity index (χ1n) is 6.26. The second-order valence-corrected chi connectivity index (χ2v) is 5.17. The molecule has 0 saturated carbocycles. The Kier molecular flexibility index (Phi) is 2.89. The van der Waals surface area contributed by atoms with Crippen LogP contribution >= 0.6 is 11.3 Å². The highest BCUT2D eigenvalue weighted by Crippen LogP contribution is 2.32. The van der Waals surface area contributed by atoms with Crippen LogP contribution in [0.3, 0.4) is 0 Å². The first-order valence-corrected chi connectivity index (χ1v) is 7.20. The number of aryl methyl sites for hydroxylation is 1. The molecule has 0 bridgehead atoms. The van der Waals surface area contributed by atoms with Crippen LogP contribution in [0.4, 0.5) is 5.82 Å². The first-order chi connectivity index (χ1) is 8.40. The van der Waals surface area contributed by atoms with E-state index >= 15 is 0 Å². The summed E-state index contributed by atoms with van der Waals surface area (Å²) in [4.78, 5) is 0. The predicted octanol–water partition coefficient (Wildman–Crippen LogP) is 3.38. The van der Waals surface area contributed by atoms with Crippen molar-refractivity contribution in [3.63, 3.8) is 0 Å². The quantitative estimate of drug-likeness (QED) is 0.881. The maximum Gasteiger partial charge on any atom is 0.128 e. The molecule has 0 spiro atoms. The van der Waals surface area contributed by atoms with Gasteiger partial charge in [-0.3, -0.25) is 0 Å². The number of hydrogen-bond acceptors (Lipinski definition) is 3. The number of nitrogens with one attached hydrogen (secondary N) is 1. The predicted molar refractivity (Wildman–Crippen MR) is 72.6 cm³/mol. The zero-order valence-electron chi connectivity index (χ0n) is 10.1. The van der Waals surface area contributed by atoms with Gasteiger partial charge in [0.15, 0.2) is 0 Å². The molecule has 0 aliphatic carbocycles. The van der Waals surface area contributed by atoms with Gasteiger partial charge in [-0.25, -0.2) is 4.68 Å². The van der Waals surface area contributed by atoms with Crippen LogP contribution in [0.25, 0.3) is 11.3 Å². The largest absolute Gasteiger partial charge is 0.370 e. The highest BCUT2D eigenvalue weighted by molar-refractivity contribution is 7.08.